The number of carbonyl (C=O) groups excluding carboxylic acids is 1. The first-order chi connectivity index (χ1) is 11.8. The predicted octanol–water partition coefficient (Wildman–Crippen LogP) is 3.33. The third-order valence-corrected chi connectivity index (χ3v) is 5.50. The van der Waals surface area contributed by atoms with Crippen molar-refractivity contribution in [2.45, 2.75) is 25.0 Å². The Morgan fingerprint density at radius 1 is 1.25 bits per heavy atom. The van der Waals surface area contributed by atoms with Crippen LogP contribution in [-0.4, -0.2) is 43.6 Å². The van der Waals surface area contributed by atoms with Crippen LogP contribution < -0.4 is 5.32 Å². The number of thiophene rings is 1. The van der Waals surface area contributed by atoms with Gasteiger partial charge in [0.05, 0.1) is 0 Å². The zero-order valence-electron chi connectivity index (χ0n) is 14.0. The number of carbonyl (C=O) groups is 1. The molecule has 1 N–H and O–H groups in total. The number of amides is 1. The van der Waals surface area contributed by atoms with E-state index in [1.807, 2.05) is 35.2 Å². The Bertz CT molecular complexity index is 622. The third kappa shape index (κ3) is 4.23. The fraction of sp³-hybridized carbons (Fsp3) is 0.421. The second kappa shape index (κ2) is 8.42. The highest BCUT2D eigenvalue weighted by molar-refractivity contribution is 7.10. The van der Waals surface area contributed by atoms with Gasteiger partial charge >= 0.3 is 0 Å². The van der Waals surface area contributed by atoms with Crippen molar-refractivity contribution in [3.63, 3.8) is 0 Å². The summed E-state index contributed by atoms with van der Waals surface area (Å²) in [6.07, 6.45) is 2.08. The number of nitrogens with one attached hydrogen (secondary N) is 1. The van der Waals surface area contributed by atoms with Gasteiger partial charge in [-0.15, -0.1) is 11.3 Å². The van der Waals surface area contributed by atoms with E-state index in [4.69, 9.17) is 4.74 Å². The highest BCUT2D eigenvalue weighted by atomic mass is 32.1. The molecule has 1 amide bonds. The first-order valence-electron chi connectivity index (χ1n) is 8.42. The highest BCUT2D eigenvalue weighted by Gasteiger charge is 2.24. The van der Waals surface area contributed by atoms with E-state index in [1.165, 1.54) is 4.88 Å². The largest absolute Gasteiger partial charge is 0.375 e. The van der Waals surface area contributed by atoms with E-state index in [-0.39, 0.29) is 12.0 Å². The average molecular weight is 344 g/mol. The molecule has 0 saturated carbocycles. The summed E-state index contributed by atoms with van der Waals surface area (Å²) in [4.78, 5) is 15.7. The van der Waals surface area contributed by atoms with Crippen LogP contribution in [0.2, 0.25) is 0 Å². The maximum absolute atomic E-state index is 12.5. The van der Waals surface area contributed by atoms with Crippen molar-refractivity contribution in [2.75, 3.05) is 26.7 Å². The van der Waals surface area contributed by atoms with Gasteiger partial charge in [0.25, 0.3) is 5.91 Å². The molecule has 1 aromatic carbocycles. The first-order valence-corrected chi connectivity index (χ1v) is 9.30. The fourth-order valence-corrected chi connectivity index (χ4v) is 3.90. The Kier molecular flexibility index (Phi) is 6.01. The number of ether oxygens (including phenoxy) is 1. The number of benzene rings is 1. The molecule has 1 fully saturated rings. The molecule has 0 radical (unpaired) electrons. The van der Waals surface area contributed by atoms with Gasteiger partial charge in [-0.05, 0) is 36.4 Å². The number of nitrogens with zero attached hydrogens (tertiary/aromatic N) is 1. The lowest BCUT2D eigenvalue weighted by atomic mass is 10.0. The van der Waals surface area contributed by atoms with Crippen molar-refractivity contribution >= 4 is 17.2 Å². The third-order valence-electron chi connectivity index (χ3n) is 4.54. The monoisotopic (exact) mass is 344 g/mol. The van der Waals surface area contributed by atoms with E-state index in [2.05, 4.69) is 22.8 Å². The lowest BCUT2D eigenvalue weighted by molar-refractivity contribution is 0.0685. The van der Waals surface area contributed by atoms with E-state index in [9.17, 15) is 4.79 Å². The van der Waals surface area contributed by atoms with Gasteiger partial charge in [0.1, 0.15) is 6.10 Å². The van der Waals surface area contributed by atoms with Crippen LogP contribution in [0, 0.1) is 0 Å². The zero-order chi connectivity index (χ0) is 16.8. The molecule has 4 nitrogen and oxygen atoms in total. The molecule has 128 valence electrons. The molecule has 0 spiro atoms. The molecule has 1 saturated heterocycles. The Morgan fingerprint density at radius 3 is 2.62 bits per heavy atom. The topological polar surface area (TPSA) is 41.6 Å². The van der Waals surface area contributed by atoms with Gasteiger partial charge in [-0.25, -0.2) is 0 Å². The number of piperidine rings is 1. The molecule has 2 aromatic rings. The van der Waals surface area contributed by atoms with Crippen LogP contribution in [0.4, 0.5) is 0 Å². The summed E-state index contributed by atoms with van der Waals surface area (Å²) in [5.41, 5.74) is 0.779. The lowest BCUT2D eigenvalue weighted by Gasteiger charge is -2.33. The molecule has 3 rings (SSSR count). The Hall–Kier alpha value is -1.69. The SMILES string of the molecule is CO[C@@H](CNC1CCN(C(=O)c2ccccc2)CC1)c1cccs1. The van der Waals surface area contributed by atoms with Crippen LogP contribution >= 0.6 is 11.3 Å². The standard InChI is InChI=1S/C19H24N2O2S/c1-23-17(18-8-5-13-24-18)14-20-16-9-11-21(12-10-16)19(22)15-6-3-2-4-7-15/h2-8,13,16-17,20H,9-12,14H2,1H3/t17-/m0/s1. The van der Waals surface area contributed by atoms with Gasteiger partial charge in [-0.1, -0.05) is 24.3 Å². The summed E-state index contributed by atoms with van der Waals surface area (Å²) in [5, 5.41) is 5.68. The maximum atomic E-state index is 12.5. The minimum atomic E-state index is 0.106. The van der Waals surface area contributed by atoms with Gasteiger partial charge in [0, 0.05) is 43.2 Å². The summed E-state index contributed by atoms with van der Waals surface area (Å²) < 4.78 is 5.59. The van der Waals surface area contributed by atoms with Crippen molar-refractivity contribution in [1.29, 1.82) is 0 Å². The van der Waals surface area contributed by atoms with Gasteiger partial charge in [-0.3, -0.25) is 4.79 Å². The fourth-order valence-electron chi connectivity index (χ4n) is 3.10. The van der Waals surface area contributed by atoms with Crippen molar-refractivity contribution in [1.82, 2.24) is 10.2 Å². The molecule has 1 aliphatic heterocycles. The minimum absolute atomic E-state index is 0.106. The second-order valence-corrected chi connectivity index (χ2v) is 7.06. The van der Waals surface area contributed by atoms with E-state index in [0.29, 0.717) is 6.04 Å². The number of hydrogen-bond donors (Lipinski definition) is 1. The maximum Gasteiger partial charge on any atom is 0.253 e. The smallest absolute Gasteiger partial charge is 0.253 e. The number of likely N-dealkylation sites (tertiary alicyclic amines) is 1. The zero-order valence-corrected chi connectivity index (χ0v) is 14.8. The van der Waals surface area contributed by atoms with E-state index < -0.39 is 0 Å². The minimum Gasteiger partial charge on any atom is -0.375 e. The normalized spacial score (nSPS) is 17.0. The molecule has 5 heteroatoms. The Labute approximate surface area is 147 Å². The molecular formula is C19H24N2O2S. The molecule has 0 unspecified atom stereocenters. The van der Waals surface area contributed by atoms with Crippen LogP contribution in [0.25, 0.3) is 0 Å². The molecule has 1 atom stereocenters. The van der Waals surface area contributed by atoms with Crippen LogP contribution in [0.1, 0.15) is 34.2 Å². The molecule has 1 aliphatic rings. The molecule has 24 heavy (non-hydrogen) atoms. The summed E-state index contributed by atoms with van der Waals surface area (Å²) in [6.45, 7) is 2.43. The number of methoxy groups -OCH3 is 1. The summed E-state index contributed by atoms with van der Waals surface area (Å²) >= 11 is 1.73. The lowest BCUT2D eigenvalue weighted by Crippen LogP contribution is -2.45. The van der Waals surface area contributed by atoms with Crippen LogP contribution in [0.3, 0.4) is 0 Å². The van der Waals surface area contributed by atoms with Crippen LogP contribution in [-0.2, 0) is 4.74 Å². The van der Waals surface area contributed by atoms with Gasteiger partial charge in [0.2, 0.25) is 0 Å². The Morgan fingerprint density at radius 2 is 2.00 bits per heavy atom. The van der Waals surface area contributed by atoms with Crippen molar-refractivity contribution in [2.24, 2.45) is 0 Å². The molecule has 0 aliphatic carbocycles. The second-order valence-electron chi connectivity index (χ2n) is 6.08. The van der Waals surface area contributed by atoms with E-state index in [0.717, 1.165) is 38.0 Å². The van der Waals surface area contributed by atoms with E-state index in [1.54, 1.807) is 18.4 Å². The van der Waals surface area contributed by atoms with Crippen molar-refractivity contribution in [3.8, 4) is 0 Å². The predicted molar refractivity (Wildman–Crippen MR) is 97.4 cm³/mol. The summed E-state index contributed by atoms with van der Waals surface area (Å²) in [5.74, 6) is 0.141. The van der Waals surface area contributed by atoms with Crippen molar-refractivity contribution in [3.05, 3.63) is 58.3 Å². The van der Waals surface area contributed by atoms with Gasteiger partial charge in [-0.2, -0.15) is 0 Å². The van der Waals surface area contributed by atoms with Crippen LogP contribution in [0.15, 0.2) is 47.8 Å². The van der Waals surface area contributed by atoms with Crippen molar-refractivity contribution < 1.29 is 9.53 Å². The molecule has 2 heterocycles. The molecule has 0 bridgehead atoms. The first kappa shape index (κ1) is 17.1. The average Bonchev–Trinajstić information content (AvgIpc) is 3.17. The quantitative estimate of drug-likeness (QED) is 0.874. The molecular weight excluding hydrogens is 320 g/mol. The highest BCUT2D eigenvalue weighted by Crippen LogP contribution is 2.22. The summed E-state index contributed by atoms with van der Waals surface area (Å²) in [7, 11) is 1.76. The summed E-state index contributed by atoms with van der Waals surface area (Å²) in [6, 6.07) is 14.2. The van der Waals surface area contributed by atoms with Gasteiger partial charge < -0.3 is 15.0 Å². The van der Waals surface area contributed by atoms with Crippen LogP contribution in [0.5, 0.6) is 0 Å². The van der Waals surface area contributed by atoms with E-state index >= 15 is 0 Å². The molecule has 1 aromatic heterocycles. The Balaban J connectivity index is 1.46. The number of rotatable bonds is 6. The van der Waals surface area contributed by atoms with Gasteiger partial charge in [0.15, 0.2) is 0 Å². The number of hydrogen-bond acceptors (Lipinski definition) is 4.